The smallest absolute Gasteiger partial charge is 0.405 e. The second-order valence-corrected chi connectivity index (χ2v) is 7.11. The van der Waals surface area contributed by atoms with Gasteiger partial charge in [-0.25, -0.2) is 0 Å². The van der Waals surface area contributed by atoms with E-state index in [1.807, 2.05) is 37.4 Å². The highest BCUT2D eigenvalue weighted by Crippen LogP contribution is 2.19. The lowest BCUT2D eigenvalue weighted by Gasteiger charge is -2.18. The maximum atomic E-state index is 12.3. The van der Waals surface area contributed by atoms with Crippen molar-refractivity contribution in [1.82, 2.24) is 10.2 Å². The molecule has 0 aliphatic rings. The molecule has 0 spiro atoms. The van der Waals surface area contributed by atoms with E-state index >= 15 is 0 Å². The van der Waals surface area contributed by atoms with Gasteiger partial charge in [-0.05, 0) is 43.2 Å². The lowest BCUT2D eigenvalue weighted by atomic mass is 10.1. The van der Waals surface area contributed by atoms with E-state index < -0.39 is 18.6 Å². The SMILES string of the molecule is Cc1ccc(OCCC(=O)N(C)Cc2ccc(C(=O)NCC(F)(F)F)cc2)c(C)c1. The lowest BCUT2D eigenvalue weighted by Crippen LogP contribution is -2.33. The maximum Gasteiger partial charge on any atom is 0.405 e. The Bertz CT molecular complexity index is 880. The Kier molecular flexibility index (Phi) is 7.86. The summed E-state index contributed by atoms with van der Waals surface area (Å²) in [7, 11) is 1.66. The van der Waals surface area contributed by atoms with Crippen molar-refractivity contribution in [3.8, 4) is 5.75 Å². The van der Waals surface area contributed by atoms with E-state index in [0.29, 0.717) is 6.54 Å². The van der Waals surface area contributed by atoms with Crippen molar-refractivity contribution in [3.05, 3.63) is 64.7 Å². The van der Waals surface area contributed by atoms with Crippen LogP contribution in [0.15, 0.2) is 42.5 Å². The number of carbonyl (C=O) groups is 2. The van der Waals surface area contributed by atoms with Gasteiger partial charge in [0.15, 0.2) is 0 Å². The number of hydrogen-bond acceptors (Lipinski definition) is 3. The lowest BCUT2D eigenvalue weighted by molar-refractivity contribution is -0.131. The van der Waals surface area contributed by atoms with Gasteiger partial charge >= 0.3 is 6.18 Å². The second-order valence-electron chi connectivity index (χ2n) is 7.11. The molecule has 30 heavy (non-hydrogen) atoms. The fourth-order valence-electron chi connectivity index (χ4n) is 2.81. The monoisotopic (exact) mass is 422 g/mol. The minimum absolute atomic E-state index is 0.105. The largest absolute Gasteiger partial charge is 0.493 e. The van der Waals surface area contributed by atoms with Crippen LogP contribution in [-0.4, -0.2) is 43.1 Å². The molecule has 0 heterocycles. The third-order valence-electron chi connectivity index (χ3n) is 4.41. The molecule has 1 N–H and O–H groups in total. The summed E-state index contributed by atoms with van der Waals surface area (Å²) >= 11 is 0. The molecule has 2 rings (SSSR count). The molecule has 0 aliphatic heterocycles. The number of aryl methyl sites for hydroxylation is 2. The molecule has 0 radical (unpaired) electrons. The van der Waals surface area contributed by atoms with Crippen LogP contribution in [0.25, 0.3) is 0 Å². The quantitative estimate of drug-likeness (QED) is 0.699. The molecular formula is C22H25F3N2O3. The second kappa shape index (κ2) is 10.1. The first-order chi connectivity index (χ1) is 14.0. The van der Waals surface area contributed by atoms with Gasteiger partial charge in [0.1, 0.15) is 12.3 Å². The summed E-state index contributed by atoms with van der Waals surface area (Å²) in [6, 6.07) is 11.9. The Hall–Kier alpha value is -3.03. The van der Waals surface area contributed by atoms with Gasteiger partial charge in [0.05, 0.1) is 13.0 Å². The van der Waals surface area contributed by atoms with Gasteiger partial charge in [-0.15, -0.1) is 0 Å². The molecule has 0 unspecified atom stereocenters. The molecule has 0 saturated heterocycles. The van der Waals surface area contributed by atoms with E-state index in [9.17, 15) is 22.8 Å². The molecule has 2 aromatic carbocycles. The highest BCUT2D eigenvalue weighted by Gasteiger charge is 2.27. The van der Waals surface area contributed by atoms with E-state index in [4.69, 9.17) is 4.74 Å². The topological polar surface area (TPSA) is 58.6 Å². The van der Waals surface area contributed by atoms with Crippen molar-refractivity contribution in [2.45, 2.75) is 33.0 Å². The number of rotatable bonds is 8. The molecule has 0 bridgehead atoms. The molecule has 5 nitrogen and oxygen atoms in total. The van der Waals surface area contributed by atoms with E-state index in [1.54, 1.807) is 19.2 Å². The molecule has 2 amide bonds. The van der Waals surface area contributed by atoms with Crippen LogP contribution in [0.5, 0.6) is 5.75 Å². The summed E-state index contributed by atoms with van der Waals surface area (Å²) in [6.07, 6.45) is -4.25. The summed E-state index contributed by atoms with van der Waals surface area (Å²) in [4.78, 5) is 25.6. The third-order valence-corrected chi connectivity index (χ3v) is 4.41. The van der Waals surface area contributed by atoms with Crippen LogP contribution in [-0.2, 0) is 11.3 Å². The number of nitrogens with one attached hydrogen (secondary N) is 1. The number of halogens is 3. The molecular weight excluding hydrogens is 397 g/mol. The molecule has 2 aromatic rings. The first kappa shape index (κ1) is 23.3. The molecule has 0 saturated carbocycles. The number of ether oxygens (including phenoxy) is 1. The Morgan fingerprint density at radius 2 is 1.73 bits per heavy atom. The van der Waals surface area contributed by atoms with E-state index in [-0.39, 0.29) is 24.5 Å². The van der Waals surface area contributed by atoms with Gasteiger partial charge in [-0.2, -0.15) is 13.2 Å². The maximum absolute atomic E-state index is 12.3. The molecule has 0 fully saturated rings. The number of hydrogen-bond donors (Lipinski definition) is 1. The zero-order chi connectivity index (χ0) is 22.3. The average molecular weight is 422 g/mol. The van der Waals surface area contributed by atoms with Crippen molar-refractivity contribution in [2.24, 2.45) is 0 Å². The van der Waals surface area contributed by atoms with E-state index in [1.165, 1.54) is 17.0 Å². The number of amides is 2. The fourth-order valence-corrected chi connectivity index (χ4v) is 2.81. The Balaban J connectivity index is 1.81. The summed E-state index contributed by atoms with van der Waals surface area (Å²) in [5, 5.41) is 1.82. The van der Waals surface area contributed by atoms with Crippen molar-refractivity contribution in [1.29, 1.82) is 0 Å². The number of carbonyl (C=O) groups excluding carboxylic acids is 2. The van der Waals surface area contributed by atoms with Gasteiger partial charge in [0.25, 0.3) is 5.91 Å². The molecule has 0 aliphatic carbocycles. The van der Waals surface area contributed by atoms with Gasteiger partial charge < -0.3 is 15.0 Å². The average Bonchev–Trinajstić information content (AvgIpc) is 2.67. The molecule has 8 heteroatoms. The summed E-state index contributed by atoms with van der Waals surface area (Å²) in [5.41, 5.74) is 3.03. The minimum Gasteiger partial charge on any atom is -0.493 e. The van der Waals surface area contributed by atoms with Gasteiger partial charge in [0.2, 0.25) is 5.91 Å². The Morgan fingerprint density at radius 1 is 1.07 bits per heavy atom. The first-order valence-corrected chi connectivity index (χ1v) is 9.43. The van der Waals surface area contributed by atoms with Crippen LogP contribution in [0.2, 0.25) is 0 Å². The normalized spacial score (nSPS) is 11.1. The molecule has 0 aromatic heterocycles. The van der Waals surface area contributed by atoms with Gasteiger partial charge in [0, 0.05) is 19.2 Å². The predicted molar refractivity (Wildman–Crippen MR) is 107 cm³/mol. The van der Waals surface area contributed by atoms with Crippen LogP contribution in [0.1, 0.15) is 33.5 Å². The number of alkyl halides is 3. The Morgan fingerprint density at radius 3 is 2.33 bits per heavy atom. The Labute approximate surface area is 173 Å². The predicted octanol–water partition coefficient (Wildman–Crippen LogP) is 4.02. The zero-order valence-corrected chi connectivity index (χ0v) is 17.2. The highest BCUT2D eigenvalue weighted by atomic mass is 19.4. The summed E-state index contributed by atoms with van der Waals surface area (Å²) in [6.45, 7) is 3.13. The van der Waals surface area contributed by atoms with Crippen molar-refractivity contribution >= 4 is 11.8 Å². The standard InChI is InChI=1S/C22H25F3N2O3/c1-15-4-9-19(16(2)12-15)30-11-10-20(28)27(3)13-17-5-7-18(8-6-17)21(29)26-14-22(23,24)25/h4-9,12H,10-11,13-14H2,1-3H3,(H,26,29). The van der Waals surface area contributed by atoms with Crippen LogP contribution < -0.4 is 10.1 Å². The minimum atomic E-state index is -4.46. The van der Waals surface area contributed by atoms with Crippen LogP contribution >= 0.6 is 0 Å². The molecule has 162 valence electrons. The van der Waals surface area contributed by atoms with Crippen molar-refractivity contribution < 1.29 is 27.5 Å². The molecule has 0 atom stereocenters. The van der Waals surface area contributed by atoms with Gasteiger partial charge in [-0.3, -0.25) is 9.59 Å². The summed E-state index contributed by atoms with van der Waals surface area (Å²) < 4.78 is 42.2. The van der Waals surface area contributed by atoms with Crippen LogP contribution in [0.3, 0.4) is 0 Å². The third kappa shape index (κ3) is 7.42. The van der Waals surface area contributed by atoms with Crippen LogP contribution in [0, 0.1) is 13.8 Å². The number of nitrogens with zero attached hydrogens (tertiary/aromatic N) is 1. The van der Waals surface area contributed by atoms with Crippen LogP contribution in [0.4, 0.5) is 13.2 Å². The highest BCUT2D eigenvalue weighted by molar-refractivity contribution is 5.94. The van der Waals surface area contributed by atoms with Crippen molar-refractivity contribution in [3.63, 3.8) is 0 Å². The fraction of sp³-hybridized carbons (Fsp3) is 0.364. The van der Waals surface area contributed by atoms with Gasteiger partial charge in [-0.1, -0.05) is 29.8 Å². The van der Waals surface area contributed by atoms with E-state index in [2.05, 4.69) is 0 Å². The summed E-state index contributed by atoms with van der Waals surface area (Å²) in [5.74, 6) is -0.158. The van der Waals surface area contributed by atoms with E-state index in [0.717, 1.165) is 22.4 Å². The zero-order valence-electron chi connectivity index (χ0n) is 17.2. The van der Waals surface area contributed by atoms with Crippen molar-refractivity contribution in [2.75, 3.05) is 20.2 Å². The number of benzene rings is 2. The first-order valence-electron chi connectivity index (χ1n) is 9.43.